The summed E-state index contributed by atoms with van der Waals surface area (Å²) in [5.74, 6) is -2.30. The van der Waals surface area contributed by atoms with Crippen molar-refractivity contribution in [3.05, 3.63) is 86.0 Å². The molecule has 2 fully saturated rings. The number of fused-ring (bicyclic) bond motifs is 2. The van der Waals surface area contributed by atoms with E-state index >= 15 is 0 Å². The van der Waals surface area contributed by atoms with Gasteiger partial charge in [-0.15, -0.1) is 0 Å². The van der Waals surface area contributed by atoms with E-state index in [4.69, 9.17) is 34.8 Å². The van der Waals surface area contributed by atoms with Gasteiger partial charge >= 0.3 is 30.0 Å². The van der Waals surface area contributed by atoms with Crippen molar-refractivity contribution >= 4 is 70.2 Å². The Morgan fingerprint density at radius 2 is 1.22 bits per heavy atom. The summed E-state index contributed by atoms with van der Waals surface area (Å²) in [6.45, 7) is 3.46. The molecule has 0 radical (unpaired) electrons. The van der Waals surface area contributed by atoms with Gasteiger partial charge in [0.15, 0.2) is 0 Å². The molecule has 11 heteroatoms. The summed E-state index contributed by atoms with van der Waals surface area (Å²) in [4.78, 5) is 8.21. The van der Waals surface area contributed by atoms with Crippen LogP contribution in [0.15, 0.2) is 24.3 Å². The predicted molar refractivity (Wildman–Crippen MR) is 142 cm³/mol. The Labute approximate surface area is 244 Å². The van der Waals surface area contributed by atoms with Gasteiger partial charge < -0.3 is 6.42 Å². The van der Waals surface area contributed by atoms with Gasteiger partial charge in [0.2, 0.25) is 0 Å². The molecule has 0 bridgehead atoms. The molecule has 0 amide bonds. The number of benzene rings is 2. The molecule has 2 saturated carbocycles. The SMILES string of the molecule is Cc1c(C2CC2)nc2cc(F)cc(F)c2c1Cl.Cc1c(Cl)nc2cc(F)cc(F)c2c1Cl.[CH-]1CC1.[Zn+][Br]. The van der Waals surface area contributed by atoms with Crippen LogP contribution in [0.2, 0.25) is 15.2 Å². The van der Waals surface area contributed by atoms with E-state index in [1.54, 1.807) is 6.92 Å². The molecule has 2 aliphatic carbocycles. The molecule has 192 valence electrons. The van der Waals surface area contributed by atoms with Gasteiger partial charge in [-0.05, 0) is 32.3 Å². The minimum absolute atomic E-state index is 0.0972. The molecule has 0 N–H and O–H groups in total. The first-order valence-electron chi connectivity index (χ1n) is 11.2. The van der Waals surface area contributed by atoms with Gasteiger partial charge in [0.25, 0.3) is 0 Å². The molecular formula is C26H20BrCl3F4N2Zn. The Morgan fingerprint density at radius 3 is 1.65 bits per heavy atom. The van der Waals surface area contributed by atoms with E-state index in [1.165, 1.54) is 35.3 Å². The summed E-state index contributed by atoms with van der Waals surface area (Å²) in [6.07, 6.45) is 7.15. The van der Waals surface area contributed by atoms with E-state index in [2.05, 4.69) is 30.0 Å². The zero-order chi connectivity index (χ0) is 27.4. The molecule has 6 rings (SSSR count). The number of hydrogen-bond donors (Lipinski definition) is 0. The van der Waals surface area contributed by atoms with Crippen LogP contribution in [0.4, 0.5) is 17.6 Å². The third-order valence-electron chi connectivity index (χ3n) is 5.57. The van der Waals surface area contributed by atoms with Gasteiger partial charge in [0.05, 0.1) is 31.9 Å². The van der Waals surface area contributed by atoms with Crippen LogP contribution in [0.5, 0.6) is 0 Å². The van der Waals surface area contributed by atoms with Gasteiger partial charge in [-0.25, -0.2) is 35.4 Å². The van der Waals surface area contributed by atoms with Crippen molar-refractivity contribution in [1.29, 1.82) is 0 Å². The molecule has 0 saturated heterocycles. The Hall–Kier alpha value is -1.05. The molecule has 37 heavy (non-hydrogen) atoms. The monoisotopic (exact) mass is 684 g/mol. The maximum atomic E-state index is 13.7. The average Bonchev–Trinajstić information content (AvgIpc) is 3.73. The van der Waals surface area contributed by atoms with Crippen molar-refractivity contribution in [2.24, 2.45) is 0 Å². The molecule has 4 aromatic rings. The van der Waals surface area contributed by atoms with Gasteiger partial charge in [-0.1, -0.05) is 34.8 Å². The second-order valence-electron chi connectivity index (χ2n) is 8.48. The molecule has 2 aromatic heterocycles. The van der Waals surface area contributed by atoms with E-state index in [0.29, 0.717) is 22.0 Å². The fraction of sp³-hybridized carbons (Fsp3) is 0.269. The molecule has 0 atom stereocenters. The number of aromatic nitrogens is 2. The second-order valence-corrected chi connectivity index (χ2v) is 9.60. The normalized spacial score (nSPS) is 13.7. The van der Waals surface area contributed by atoms with Gasteiger partial charge in [-0.3, -0.25) is 4.98 Å². The third kappa shape index (κ3) is 7.54. The Bertz CT molecular complexity index is 1450. The van der Waals surface area contributed by atoms with Crippen molar-refractivity contribution in [3.63, 3.8) is 0 Å². The second kappa shape index (κ2) is 13.3. The van der Waals surface area contributed by atoms with E-state index in [1.807, 2.05) is 6.92 Å². The molecule has 0 unspecified atom stereocenters. The van der Waals surface area contributed by atoms with Crippen molar-refractivity contribution < 1.29 is 33.9 Å². The number of nitrogens with zero attached hydrogens (tertiary/aromatic N) is 2. The van der Waals surface area contributed by atoms with Crippen LogP contribution in [0.3, 0.4) is 0 Å². The van der Waals surface area contributed by atoms with Crippen LogP contribution in [0.25, 0.3) is 21.8 Å². The van der Waals surface area contributed by atoms with Crippen molar-refractivity contribution in [2.45, 2.75) is 45.4 Å². The van der Waals surface area contributed by atoms with E-state index in [-0.39, 0.29) is 26.5 Å². The van der Waals surface area contributed by atoms with Crippen LogP contribution in [0.1, 0.15) is 48.4 Å². The van der Waals surface area contributed by atoms with Crippen LogP contribution in [0, 0.1) is 43.5 Å². The van der Waals surface area contributed by atoms with Gasteiger partial charge in [0, 0.05) is 41.4 Å². The number of rotatable bonds is 1. The molecule has 0 spiro atoms. The minimum atomic E-state index is -0.734. The first kappa shape index (κ1) is 30.5. The zero-order valence-corrected chi connectivity index (χ0v) is 26.7. The molecule has 2 nitrogen and oxygen atoms in total. The topological polar surface area (TPSA) is 25.8 Å². The van der Waals surface area contributed by atoms with E-state index < -0.39 is 23.3 Å². The maximum absolute atomic E-state index is 13.7. The standard InChI is InChI=1S/C13H10ClF2N.C10H5Cl2F2N.C3H5.BrH.Zn/c1-6-12(14)11-9(16)4-8(15)5-10(11)17-13(6)7-2-3-7;1-4-9(11)8-6(14)2-5(13)3-7(8)15-10(4)12;1-2-3-1;;/h4-5,7H,2-3H2,1H3;2-3H,1H3;1H,2-3H2;1H;/q;;-1;;+2/p-1. The fourth-order valence-corrected chi connectivity index (χ4v) is 4.26. The quantitative estimate of drug-likeness (QED) is 0.0862. The van der Waals surface area contributed by atoms with Crippen LogP contribution < -0.4 is 0 Å². The summed E-state index contributed by atoms with van der Waals surface area (Å²) in [5.41, 5.74) is 2.60. The molecule has 2 heterocycles. The van der Waals surface area contributed by atoms with Crippen LogP contribution in [-0.4, -0.2) is 9.97 Å². The summed E-state index contributed by atoms with van der Waals surface area (Å²) in [5, 5.41) is 0.990. The molecular weight excluding hydrogens is 668 g/mol. The molecule has 2 aliphatic rings. The van der Waals surface area contributed by atoms with Crippen molar-refractivity contribution in [1.82, 2.24) is 9.97 Å². The van der Waals surface area contributed by atoms with Crippen molar-refractivity contribution in [2.75, 3.05) is 0 Å². The first-order chi connectivity index (χ1) is 17.6. The zero-order valence-electron chi connectivity index (χ0n) is 19.9. The molecule has 2 aromatic carbocycles. The van der Waals surface area contributed by atoms with Crippen LogP contribution in [-0.2, 0) is 16.3 Å². The average molecular weight is 688 g/mol. The Morgan fingerprint density at radius 1 is 0.784 bits per heavy atom. The van der Waals surface area contributed by atoms with Gasteiger partial charge in [-0.2, -0.15) is 0 Å². The van der Waals surface area contributed by atoms with E-state index in [9.17, 15) is 17.6 Å². The Kier molecular flexibility index (Phi) is 11.0. The summed E-state index contributed by atoms with van der Waals surface area (Å²) in [6, 6.07) is 3.93. The number of halogens is 8. The van der Waals surface area contributed by atoms with Gasteiger partial charge in [0.1, 0.15) is 28.4 Å². The first-order valence-corrected chi connectivity index (χ1v) is 19.3. The van der Waals surface area contributed by atoms with Crippen LogP contribution >= 0.6 is 48.4 Å². The number of hydrogen-bond acceptors (Lipinski definition) is 2. The number of pyridine rings is 2. The van der Waals surface area contributed by atoms with Crippen molar-refractivity contribution in [3.8, 4) is 0 Å². The summed E-state index contributed by atoms with van der Waals surface area (Å²) in [7, 11) is 0. The predicted octanol–water partition coefficient (Wildman–Crippen LogP) is 10.3. The summed E-state index contributed by atoms with van der Waals surface area (Å²) < 4.78 is 53.1. The fourth-order valence-electron chi connectivity index (χ4n) is 3.47. The third-order valence-corrected chi connectivity index (χ3v) is 6.88. The molecule has 0 aliphatic heterocycles. The Balaban J connectivity index is 0.000000175. The summed E-state index contributed by atoms with van der Waals surface area (Å²) >= 11 is 22.1. The van der Waals surface area contributed by atoms with E-state index in [0.717, 1.165) is 42.3 Å².